The van der Waals surface area contributed by atoms with Gasteiger partial charge in [0.05, 0.1) is 12.5 Å². The molecule has 0 fully saturated rings. The molecular formula is C12H15NO. The van der Waals surface area contributed by atoms with E-state index < -0.39 is 0 Å². The Bertz CT molecular complexity index is 369. The van der Waals surface area contributed by atoms with E-state index in [1.807, 2.05) is 18.2 Å². The van der Waals surface area contributed by atoms with Crippen LogP contribution in [0.3, 0.4) is 0 Å². The molecular weight excluding hydrogens is 174 g/mol. The first-order valence-electron chi connectivity index (χ1n) is 4.64. The fourth-order valence-electron chi connectivity index (χ4n) is 1.28. The van der Waals surface area contributed by atoms with Crippen LogP contribution in [0.4, 0.5) is 0 Å². The fourth-order valence-corrected chi connectivity index (χ4v) is 1.28. The van der Waals surface area contributed by atoms with Gasteiger partial charge in [0.25, 0.3) is 0 Å². The molecule has 0 atom stereocenters. The lowest BCUT2D eigenvalue weighted by Crippen LogP contribution is -2.11. The van der Waals surface area contributed by atoms with Crippen molar-refractivity contribution >= 4 is 0 Å². The highest BCUT2D eigenvalue weighted by Crippen LogP contribution is 2.27. The Labute approximate surface area is 84.8 Å². The molecule has 0 unspecified atom stereocenters. The van der Waals surface area contributed by atoms with E-state index in [0.717, 1.165) is 5.56 Å². The van der Waals surface area contributed by atoms with Crippen LogP contribution in [0.15, 0.2) is 18.2 Å². The summed E-state index contributed by atoms with van der Waals surface area (Å²) in [6.45, 7) is 6.32. The molecule has 0 bridgehead atoms. The van der Waals surface area contributed by atoms with E-state index in [1.165, 1.54) is 0 Å². The minimum Gasteiger partial charge on any atom is -0.508 e. The van der Waals surface area contributed by atoms with Crippen molar-refractivity contribution < 1.29 is 5.11 Å². The van der Waals surface area contributed by atoms with Crippen LogP contribution in [0, 0.1) is 11.3 Å². The number of rotatable bonds is 1. The molecule has 1 aromatic carbocycles. The van der Waals surface area contributed by atoms with E-state index in [-0.39, 0.29) is 17.6 Å². The van der Waals surface area contributed by atoms with E-state index in [4.69, 9.17) is 5.26 Å². The highest BCUT2D eigenvalue weighted by molar-refractivity contribution is 5.40. The maximum Gasteiger partial charge on any atom is 0.119 e. The van der Waals surface area contributed by atoms with Crippen molar-refractivity contribution in [3.05, 3.63) is 29.3 Å². The average Bonchev–Trinajstić information content (AvgIpc) is 2.07. The van der Waals surface area contributed by atoms with Gasteiger partial charge in [-0.25, -0.2) is 0 Å². The van der Waals surface area contributed by atoms with Crippen LogP contribution in [0.25, 0.3) is 0 Å². The smallest absolute Gasteiger partial charge is 0.119 e. The van der Waals surface area contributed by atoms with Crippen molar-refractivity contribution in [3.63, 3.8) is 0 Å². The summed E-state index contributed by atoms with van der Waals surface area (Å²) < 4.78 is 0. The summed E-state index contributed by atoms with van der Waals surface area (Å²) in [4.78, 5) is 0. The molecule has 2 heteroatoms. The largest absolute Gasteiger partial charge is 0.508 e. The minimum absolute atomic E-state index is 0.0535. The molecule has 74 valence electrons. The number of nitriles is 1. The van der Waals surface area contributed by atoms with Crippen LogP contribution in [0.5, 0.6) is 5.75 Å². The van der Waals surface area contributed by atoms with Crippen LogP contribution in [-0.2, 0) is 11.8 Å². The van der Waals surface area contributed by atoms with Gasteiger partial charge in [-0.2, -0.15) is 5.26 Å². The number of hydrogen-bond donors (Lipinski definition) is 1. The van der Waals surface area contributed by atoms with Gasteiger partial charge in [0.15, 0.2) is 0 Å². The Morgan fingerprint density at radius 2 is 2.00 bits per heavy atom. The van der Waals surface area contributed by atoms with Crippen molar-refractivity contribution in [1.29, 1.82) is 5.26 Å². The first-order chi connectivity index (χ1) is 6.45. The summed E-state index contributed by atoms with van der Waals surface area (Å²) in [6, 6.07) is 7.50. The topological polar surface area (TPSA) is 44.0 Å². The van der Waals surface area contributed by atoms with Gasteiger partial charge in [0.1, 0.15) is 5.75 Å². The van der Waals surface area contributed by atoms with Crippen molar-refractivity contribution in [2.75, 3.05) is 0 Å². The third-order valence-electron chi connectivity index (χ3n) is 2.22. The van der Waals surface area contributed by atoms with E-state index in [1.54, 1.807) is 6.07 Å². The third kappa shape index (κ3) is 2.26. The zero-order valence-corrected chi connectivity index (χ0v) is 8.83. The lowest BCUT2D eigenvalue weighted by atomic mass is 9.86. The number of nitrogens with zero attached hydrogens (tertiary/aromatic N) is 1. The third-order valence-corrected chi connectivity index (χ3v) is 2.22. The molecule has 0 aliphatic carbocycles. The lowest BCUT2D eigenvalue weighted by Gasteiger charge is -2.19. The lowest BCUT2D eigenvalue weighted by molar-refractivity contribution is 0.468. The van der Waals surface area contributed by atoms with Gasteiger partial charge in [0.2, 0.25) is 0 Å². The van der Waals surface area contributed by atoms with Gasteiger partial charge in [0, 0.05) is 5.56 Å². The van der Waals surface area contributed by atoms with E-state index in [0.29, 0.717) is 5.56 Å². The van der Waals surface area contributed by atoms with Gasteiger partial charge < -0.3 is 5.11 Å². The monoisotopic (exact) mass is 189 g/mol. The SMILES string of the molecule is CC(C)(C)c1ccc(O)c(CC#N)c1. The summed E-state index contributed by atoms with van der Waals surface area (Å²) >= 11 is 0. The van der Waals surface area contributed by atoms with Crippen molar-refractivity contribution in [2.24, 2.45) is 0 Å². The van der Waals surface area contributed by atoms with Crippen LogP contribution in [0.2, 0.25) is 0 Å². The van der Waals surface area contributed by atoms with Crippen molar-refractivity contribution in [3.8, 4) is 11.8 Å². The molecule has 0 spiro atoms. The second-order valence-corrected chi connectivity index (χ2v) is 4.43. The molecule has 0 saturated heterocycles. The molecule has 0 aromatic heterocycles. The van der Waals surface area contributed by atoms with E-state index in [9.17, 15) is 5.11 Å². The normalized spacial score (nSPS) is 11.0. The molecule has 0 amide bonds. The molecule has 2 nitrogen and oxygen atoms in total. The quantitative estimate of drug-likeness (QED) is 0.738. The standard InChI is InChI=1S/C12H15NO/c1-12(2,3)10-4-5-11(14)9(8-10)6-7-13/h4-5,8,14H,6H2,1-3H3. The van der Waals surface area contributed by atoms with Crippen LogP contribution >= 0.6 is 0 Å². The van der Waals surface area contributed by atoms with E-state index in [2.05, 4.69) is 20.8 Å². The van der Waals surface area contributed by atoms with Gasteiger partial charge in [-0.15, -0.1) is 0 Å². The number of phenols is 1. The van der Waals surface area contributed by atoms with Crippen molar-refractivity contribution in [2.45, 2.75) is 32.6 Å². The molecule has 0 aliphatic rings. The molecule has 0 radical (unpaired) electrons. The Kier molecular flexibility index (Phi) is 2.81. The van der Waals surface area contributed by atoms with Crippen LogP contribution in [0.1, 0.15) is 31.9 Å². The zero-order chi connectivity index (χ0) is 10.8. The summed E-state index contributed by atoms with van der Waals surface area (Å²) in [5, 5.41) is 18.1. The molecule has 1 rings (SSSR count). The van der Waals surface area contributed by atoms with Crippen LogP contribution < -0.4 is 0 Å². The molecule has 0 aliphatic heterocycles. The van der Waals surface area contributed by atoms with Gasteiger partial charge in [-0.3, -0.25) is 0 Å². The van der Waals surface area contributed by atoms with Gasteiger partial charge >= 0.3 is 0 Å². The second kappa shape index (κ2) is 3.71. The first-order valence-corrected chi connectivity index (χ1v) is 4.64. The van der Waals surface area contributed by atoms with Gasteiger partial charge in [-0.05, 0) is 17.0 Å². The Hall–Kier alpha value is -1.49. The predicted molar refractivity (Wildman–Crippen MR) is 56.1 cm³/mol. The maximum atomic E-state index is 9.48. The summed E-state index contributed by atoms with van der Waals surface area (Å²) in [6.07, 6.45) is 0.260. The molecule has 0 heterocycles. The summed E-state index contributed by atoms with van der Waals surface area (Å²) in [5.74, 6) is 0.208. The Balaban J connectivity index is 3.14. The Morgan fingerprint density at radius 3 is 2.50 bits per heavy atom. The first kappa shape index (κ1) is 10.6. The van der Waals surface area contributed by atoms with E-state index >= 15 is 0 Å². The number of aromatic hydroxyl groups is 1. The molecule has 1 aromatic rings. The molecule has 0 saturated carbocycles. The maximum absolute atomic E-state index is 9.48. The minimum atomic E-state index is 0.0535. The fraction of sp³-hybridized carbons (Fsp3) is 0.417. The average molecular weight is 189 g/mol. The summed E-state index contributed by atoms with van der Waals surface area (Å²) in [5.41, 5.74) is 1.90. The highest BCUT2D eigenvalue weighted by atomic mass is 16.3. The Morgan fingerprint density at radius 1 is 1.36 bits per heavy atom. The molecule has 14 heavy (non-hydrogen) atoms. The van der Waals surface area contributed by atoms with Crippen LogP contribution in [-0.4, -0.2) is 5.11 Å². The second-order valence-electron chi connectivity index (χ2n) is 4.43. The number of hydrogen-bond acceptors (Lipinski definition) is 2. The number of benzene rings is 1. The summed E-state index contributed by atoms with van der Waals surface area (Å²) in [7, 11) is 0. The number of phenolic OH excluding ortho intramolecular Hbond substituents is 1. The van der Waals surface area contributed by atoms with Crippen molar-refractivity contribution in [1.82, 2.24) is 0 Å². The van der Waals surface area contributed by atoms with Gasteiger partial charge in [-0.1, -0.05) is 32.9 Å². The zero-order valence-electron chi connectivity index (χ0n) is 8.83. The predicted octanol–water partition coefficient (Wildman–Crippen LogP) is 2.76. The molecule has 1 N–H and O–H groups in total. The highest BCUT2D eigenvalue weighted by Gasteiger charge is 2.14.